The second-order valence-electron chi connectivity index (χ2n) is 7.61. The van der Waals surface area contributed by atoms with Gasteiger partial charge in [-0.3, -0.25) is 9.79 Å². The van der Waals surface area contributed by atoms with Gasteiger partial charge in [0.1, 0.15) is 5.84 Å². The van der Waals surface area contributed by atoms with Crippen LogP contribution in [0.25, 0.3) is 11.4 Å². The number of hydrogen-bond acceptors (Lipinski definition) is 4. The Hall–Kier alpha value is -2.96. The van der Waals surface area contributed by atoms with E-state index in [-0.39, 0.29) is 11.8 Å². The summed E-state index contributed by atoms with van der Waals surface area (Å²) < 4.78 is 13.2. The first-order valence-corrected chi connectivity index (χ1v) is 10.4. The van der Waals surface area contributed by atoms with Crippen LogP contribution in [0.4, 0.5) is 10.1 Å². The Bertz CT molecular complexity index is 935. The number of aryl methyl sites for hydroxylation is 1. The maximum atomic E-state index is 13.2. The third-order valence-electron chi connectivity index (χ3n) is 5.51. The molecule has 1 N–H and O–H groups in total. The normalized spacial score (nSPS) is 15.8. The third-order valence-corrected chi connectivity index (χ3v) is 5.51. The van der Waals surface area contributed by atoms with Gasteiger partial charge in [-0.15, -0.1) is 0 Å². The van der Waals surface area contributed by atoms with Gasteiger partial charge in [0.05, 0.1) is 12.4 Å². The van der Waals surface area contributed by atoms with Crippen LogP contribution in [-0.2, 0) is 4.79 Å². The zero-order valence-corrected chi connectivity index (χ0v) is 17.7. The molecule has 0 bridgehead atoms. The number of rotatable bonds is 7. The van der Waals surface area contributed by atoms with Crippen LogP contribution in [0, 0.1) is 24.6 Å². The van der Waals surface area contributed by atoms with Crippen LogP contribution in [0.2, 0.25) is 0 Å². The second kappa shape index (κ2) is 10.2. The monoisotopic (exact) mass is 409 g/mol. The molecule has 1 saturated carbocycles. The van der Waals surface area contributed by atoms with Crippen LogP contribution in [-0.4, -0.2) is 35.0 Å². The van der Waals surface area contributed by atoms with Gasteiger partial charge in [-0.05, 0) is 49.8 Å². The molecule has 1 aromatic carbocycles. The summed E-state index contributed by atoms with van der Waals surface area (Å²) in [5.41, 5.74) is 2.38. The van der Waals surface area contributed by atoms with Crippen molar-refractivity contribution in [3.05, 3.63) is 42.0 Å². The largest absolute Gasteiger partial charge is 0.326 e. The highest BCUT2D eigenvalue weighted by atomic mass is 19.1. The van der Waals surface area contributed by atoms with E-state index in [9.17, 15) is 9.18 Å². The summed E-state index contributed by atoms with van der Waals surface area (Å²) in [7, 11) is 1.72. The zero-order chi connectivity index (χ0) is 21.5. The van der Waals surface area contributed by atoms with E-state index in [1.165, 1.54) is 0 Å². The van der Waals surface area contributed by atoms with Crippen molar-refractivity contribution in [2.75, 3.05) is 12.4 Å². The molecule has 6 nitrogen and oxygen atoms in total. The predicted octanol–water partition coefficient (Wildman–Crippen LogP) is 4.85. The van der Waals surface area contributed by atoms with E-state index in [1.54, 1.807) is 7.05 Å². The van der Waals surface area contributed by atoms with Crippen LogP contribution >= 0.6 is 0 Å². The van der Waals surface area contributed by atoms with Crippen LogP contribution in [0.15, 0.2) is 40.6 Å². The summed E-state index contributed by atoms with van der Waals surface area (Å²) in [5, 5.41) is 3.05. The number of carbonyl (C=O) groups is 1. The second-order valence-corrected chi connectivity index (χ2v) is 7.61. The zero-order valence-electron chi connectivity index (χ0n) is 17.7. The number of carbonyl (C=O) groups excluding carboxylic acids is 1. The minimum atomic E-state index is -0.483. The van der Waals surface area contributed by atoms with Crippen molar-refractivity contribution in [1.82, 2.24) is 9.97 Å². The molecule has 1 aliphatic carbocycles. The number of hydrogen-bond donors (Lipinski definition) is 1. The Morgan fingerprint density at radius 3 is 2.67 bits per heavy atom. The molecule has 1 aliphatic rings. The molecule has 3 rings (SSSR count). The number of anilines is 1. The van der Waals surface area contributed by atoms with E-state index in [0.29, 0.717) is 29.7 Å². The highest BCUT2D eigenvalue weighted by Gasteiger charge is 2.33. The number of benzene rings is 1. The Balaban J connectivity index is 1.79. The highest BCUT2D eigenvalue weighted by Crippen LogP contribution is 2.36. The highest BCUT2D eigenvalue weighted by molar-refractivity contribution is 5.98. The lowest BCUT2D eigenvalue weighted by molar-refractivity contribution is -0.122. The van der Waals surface area contributed by atoms with Crippen LogP contribution < -0.4 is 5.32 Å². The fourth-order valence-electron chi connectivity index (χ4n) is 3.54. The van der Waals surface area contributed by atoms with E-state index >= 15 is 0 Å². The summed E-state index contributed by atoms with van der Waals surface area (Å²) in [6, 6.07) is 5.60. The minimum Gasteiger partial charge on any atom is -0.326 e. The molecular weight excluding hydrogens is 381 g/mol. The Kier molecular flexibility index (Phi) is 7.38. The first-order chi connectivity index (χ1) is 14.5. The lowest BCUT2D eigenvalue weighted by Gasteiger charge is -2.32. The van der Waals surface area contributed by atoms with Gasteiger partial charge in [-0.2, -0.15) is 0 Å². The van der Waals surface area contributed by atoms with Gasteiger partial charge < -0.3 is 5.32 Å². The Morgan fingerprint density at radius 2 is 2.07 bits per heavy atom. The van der Waals surface area contributed by atoms with Crippen LogP contribution in [0.3, 0.4) is 0 Å². The number of nitrogens with zero attached hydrogens (tertiary/aromatic N) is 4. The van der Waals surface area contributed by atoms with Gasteiger partial charge in [0.2, 0.25) is 5.91 Å². The number of aliphatic imine (C=N–C) groups is 2. The molecule has 0 radical (unpaired) electrons. The summed E-state index contributed by atoms with van der Waals surface area (Å²) in [4.78, 5) is 29.9. The van der Waals surface area contributed by atoms with Crippen molar-refractivity contribution < 1.29 is 9.18 Å². The smallest absolute Gasteiger partial charge is 0.228 e. The van der Waals surface area contributed by atoms with Crippen molar-refractivity contribution in [2.45, 2.75) is 46.0 Å². The van der Waals surface area contributed by atoms with E-state index in [0.717, 1.165) is 49.2 Å². The number of amidine groups is 1. The Labute approximate surface area is 176 Å². The average molecular weight is 410 g/mol. The molecule has 0 saturated heterocycles. The lowest BCUT2D eigenvalue weighted by Crippen LogP contribution is -2.34. The molecular formula is C23H28FN5O. The van der Waals surface area contributed by atoms with E-state index in [4.69, 9.17) is 0 Å². The minimum absolute atomic E-state index is 0.0256. The van der Waals surface area contributed by atoms with Crippen LogP contribution in [0.1, 0.15) is 44.6 Å². The van der Waals surface area contributed by atoms with Crippen molar-refractivity contribution in [1.29, 1.82) is 0 Å². The molecule has 158 valence electrons. The molecule has 1 atom stereocenters. The summed E-state index contributed by atoms with van der Waals surface area (Å²) in [6.07, 6.45) is 8.73. The van der Waals surface area contributed by atoms with Gasteiger partial charge >= 0.3 is 0 Å². The quantitative estimate of drug-likeness (QED) is 0.525. The van der Waals surface area contributed by atoms with E-state index in [2.05, 4.69) is 25.3 Å². The van der Waals surface area contributed by atoms with Gasteiger partial charge in [0.25, 0.3) is 0 Å². The lowest BCUT2D eigenvalue weighted by atomic mass is 9.74. The average Bonchev–Trinajstić information content (AvgIpc) is 2.71. The number of aromatic nitrogens is 2. The van der Waals surface area contributed by atoms with Crippen LogP contribution in [0.5, 0.6) is 0 Å². The molecule has 0 aliphatic heterocycles. The third kappa shape index (κ3) is 5.34. The summed E-state index contributed by atoms with van der Waals surface area (Å²) >= 11 is 0. The first kappa shape index (κ1) is 21.7. The fraction of sp³-hybridized carbons (Fsp3) is 0.435. The number of amides is 1. The maximum Gasteiger partial charge on any atom is 0.228 e. The van der Waals surface area contributed by atoms with Gasteiger partial charge in [-0.25, -0.2) is 19.4 Å². The summed E-state index contributed by atoms with van der Waals surface area (Å²) in [5.74, 6) is 0.802. The standard InChI is InChI=1S/C23H28FN5O/c1-4-10-26-21(25-3)12-20(16-6-5-7-16)23(30)29-18-9-8-15(2)19(11-18)22-27-13-17(24)14-28-22/h8-11,13-14,16,20H,4-7,12H2,1-3H3,(H,29,30). The molecule has 1 aromatic heterocycles. The molecule has 1 amide bonds. The SMILES string of the molecule is CCC=NC(CC(C(=O)Nc1ccc(C)c(-c2ncc(F)cn2)c1)C1CCC1)=NC. The van der Waals surface area contributed by atoms with E-state index < -0.39 is 5.82 Å². The molecule has 30 heavy (non-hydrogen) atoms. The van der Waals surface area contributed by atoms with Crippen molar-refractivity contribution in [3.8, 4) is 11.4 Å². The fourth-order valence-corrected chi connectivity index (χ4v) is 3.54. The molecule has 1 unspecified atom stereocenters. The van der Waals surface area contributed by atoms with Gasteiger partial charge in [0, 0.05) is 36.9 Å². The maximum absolute atomic E-state index is 13.2. The Morgan fingerprint density at radius 1 is 1.33 bits per heavy atom. The topological polar surface area (TPSA) is 79.6 Å². The predicted molar refractivity (Wildman–Crippen MR) is 118 cm³/mol. The van der Waals surface area contributed by atoms with Gasteiger partial charge in [0.15, 0.2) is 11.6 Å². The van der Waals surface area contributed by atoms with E-state index in [1.807, 2.05) is 38.3 Å². The number of halogens is 1. The molecule has 2 aromatic rings. The van der Waals surface area contributed by atoms with Crippen molar-refractivity contribution >= 4 is 23.6 Å². The van der Waals surface area contributed by atoms with Crippen molar-refractivity contribution in [3.63, 3.8) is 0 Å². The first-order valence-electron chi connectivity index (χ1n) is 10.4. The molecule has 1 fully saturated rings. The molecule has 7 heteroatoms. The van der Waals surface area contributed by atoms with Gasteiger partial charge in [-0.1, -0.05) is 19.4 Å². The molecule has 0 spiro atoms. The summed E-state index contributed by atoms with van der Waals surface area (Å²) in [6.45, 7) is 3.95. The van der Waals surface area contributed by atoms with Crippen molar-refractivity contribution in [2.24, 2.45) is 21.8 Å². The number of nitrogens with one attached hydrogen (secondary N) is 1. The molecule has 1 heterocycles.